The van der Waals surface area contributed by atoms with Crippen LogP contribution in [0.1, 0.15) is 48.9 Å². The number of likely N-dealkylation sites (tertiary alicyclic amines) is 1. The van der Waals surface area contributed by atoms with Gasteiger partial charge in [0.2, 0.25) is 0 Å². The smallest absolute Gasteiger partial charge is 0.311 e. The summed E-state index contributed by atoms with van der Waals surface area (Å²) in [6.45, 7) is 2.28. The Labute approximate surface area is 165 Å². The van der Waals surface area contributed by atoms with Gasteiger partial charge in [0.25, 0.3) is 5.91 Å². The van der Waals surface area contributed by atoms with E-state index < -0.39 is 11.4 Å². The summed E-state index contributed by atoms with van der Waals surface area (Å²) in [7, 11) is 0. The molecule has 0 radical (unpaired) electrons. The summed E-state index contributed by atoms with van der Waals surface area (Å²) in [6, 6.07) is 7.25. The SMILES string of the molecule is O=C(c1ccc(OCC2CCCCC2)cc1)N1C[C@H]2COCC[C@@]2(C(=O)O)C1. The maximum absolute atomic E-state index is 12.9. The number of amides is 1. The summed E-state index contributed by atoms with van der Waals surface area (Å²) in [5, 5.41) is 9.76. The number of carbonyl (C=O) groups excluding carboxylic acids is 1. The second kappa shape index (κ2) is 8.11. The summed E-state index contributed by atoms with van der Waals surface area (Å²) in [6.07, 6.45) is 6.86. The Hall–Kier alpha value is -2.08. The molecule has 28 heavy (non-hydrogen) atoms. The molecule has 1 N–H and O–H groups in total. The van der Waals surface area contributed by atoms with Crippen molar-refractivity contribution >= 4 is 11.9 Å². The first-order chi connectivity index (χ1) is 13.6. The maximum atomic E-state index is 12.9. The minimum Gasteiger partial charge on any atom is -0.493 e. The van der Waals surface area contributed by atoms with Gasteiger partial charge in [-0.2, -0.15) is 0 Å². The molecule has 1 aliphatic carbocycles. The van der Waals surface area contributed by atoms with E-state index in [4.69, 9.17) is 9.47 Å². The third-order valence-electron chi connectivity index (χ3n) is 6.73. The van der Waals surface area contributed by atoms with Gasteiger partial charge in [-0.25, -0.2) is 0 Å². The quantitative estimate of drug-likeness (QED) is 0.840. The van der Waals surface area contributed by atoms with E-state index in [9.17, 15) is 14.7 Å². The Morgan fingerprint density at radius 1 is 1.18 bits per heavy atom. The molecule has 6 nitrogen and oxygen atoms in total. The molecule has 0 bridgehead atoms. The van der Waals surface area contributed by atoms with Gasteiger partial charge >= 0.3 is 5.97 Å². The van der Waals surface area contributed by atoms with Crippen LogP contribution in [0.15, 0.2) is 24.3 Å². The van der Waals surface area contributed by atoms with Crippen molar-refractivity contribution in [2.45, 2.75) is 38.5 Å². The first-order valence-corrected chi connectivity index (χ1v) is 10.4. The van der Waals surface area contributed by atoms with Crippen LogP contribution in [0, 0.1) is 17.3 Å². The Morgan fingerprint density at radius 2 is 1.93 bits per heavy atom. The van der Waals surface area contributed by atoms with Gasteiger partial charge in [0.05, 0.1) is 18.6 Å². The molecule has 2 atom stereocenters. The minimum atomic E-state index is -0.864. The maximum Gasteiger partial charge on any atom is 0.311 e. The predicted molar refractivity (Wildman–Crippen MR) is 103 cm³/mol. The molecule has 2 saturated heterocycles. The van der Waals surface area contributed by atoms with Crippen LogP contribution in [-0.4, -0.2) is 54.8 Å². The minimum absolute atomic E-state index is 0.117. The molecular weight excluding hydrogens is 358 g/mol. The predicted octanol–water partition coefficient (Wildman–Crippen LogP) is 3.21. The lowest BCUT2D eigenvalue weighted by Crippen LogP contribution is -2.45. The van der Waals surface area contributed by atoms with E-state index in [2.05, 4.69) is 0 Å². The largest absolute Gasteiger partial charge is 0.493 e. The Morgan fingerprint density at radius 3 is 2.61 bits per heavy atom. The fraction of sp³-hybridized carbons (Fsp3) is 0.636. The van der Waals surface area contributed by atoms with Crippen molar-refractivity contribution in [3.63, 3.8) is 0 Å². The molecule has 0 spiro atoms. The summed E-state index contributed by atoms with van der Waals surface area (Å²) >= 11 is 0. The van der Waals surface area contributed by atoms with Crippen LogP contribution in [0.4, 0.5) is 0 Å². The second-order valence-corrected chi connectivity index (χ2v) is 8.51. The molecule has 1 saturated carbocycles. The number of fused-ring (bicyclic) bond motifs is 1. The van der Waals surface area contributed by atoms with Crippen molar-refractivity contribution in [1.29, 1.82) is 0 Å². The van der Waals surface area contributed by atoms with Crippen molar-refractivity contribution in [1.82, 2.24) is 4.90 Å². The molecule has 152 valence electrons. The van der Waals surface area contributed by atoms with Crippen molar-refractivity contribution < 1.29 is 24.2 Å². The zero-order valence-corrected chi connectivity index (χ0v) is 16.3. The fourth-order valence-electron chi connectivity index (χ4n) is 4.90. The standard InChI is InChI=1S/C22H29NO5/c24-20(23-12-18-14-27-11-10-22(18,15-23)21(25)26)17-6-8-19(9-7-17)28-13-16-4-2-1-3-5-16/h6-9,16,18H,1-5,10-15H2,(H,25,26)/t18-,22+/m0/s1. The van der Waals surface area contributed by atoms with Crippen LogP contribution < -0.4 is 4.74 Å². The summed E-state index contributed by atoms with van der Waals surface area (Å²) in [5.41, 5.74) is -0.290. The van der Waals surface area contributed by atoms with E-state index >= 15 is 0 Å². The van der Waals surface area contributed by atoms with E-state index in [-0.39, 0.29) is 18.4 Å². The topological polar surface area (TPSA) is 76.1 Å². The molecule has 1 aromatic rings. The van der Waals surface area contributed by atoms with Gasteiger partial charge in [-0.15, -0.1) is 0 Å². The van der Waals surface area contributed by atoms with Crippen LogP contribution >= 0.6 is 0 Å². The number of carboxylic acids is 1. The third kappa shape index (κ3) is 3.75. The van der Waals surface area contributed by atoms with Crippen LogP contribution in [0.3, 0.4) is 0 Å². The second-order valence-electron chi connectivity index (χ2n) is 8.51. The lowest BCUT2D eigenvalue weighted by molar-refractivity contribution is -0.157. The first-order valence-electron chi connectivity index (χ1n) is 10.4. The highest BCUT2D eigenvalue weighted by Gasteiger charge is 2.54. The Kier molecular flexibility index (Phi) is 5.58. The highest BCUT2D eigenvalue weighted by Crippen LogP contribution is 2.42. The van der Waals surface area contributed by atoms with Crippen molar-refractivity contribution in [3.8, 4) is 5.75 Å². The number of carbonyl (C=O) groups is 2. The highest BCUT2D eigenvalue weighted by molar-refractivity contribution is 5.95. The molecule has 0 aromatic heterocycles. The van der Waals surface area contributed by atoms with E-state index in [1.165, 1.54) is 32.1 Å². The molecule has 0 unspecified atom stereocenters. The van der Waals surface area contributed by atoms with Gasteiger partial charge in [-0.1, -0.05) is 19.3 Å². The molecule has 2 aliphatic heterocycles. The van der Waals surface area contributed by atoms with Crippen molar-refractivity contribution in [2.75, 3.05) is 32.9 Å². The molecule has 1 amide bonds. The lowest BCUT2D eigenvalue weighted by Gasteiger charge is -2.33. The monoisotopic (exact) mass is 387 g/mol. The summed E-state index contributed by atoms with van der Waals surface area (Å²) in [4.78, 5) is 26.5. The molecule has 3 aliphatic rings. The van der Waals surface area contributed by atoms with Gasteiger partial charge in [0.1, 0.15) is 5.75 Å². The molecular formula is C22H29NO5. The van der Waals surface area contributed by atoms with Crippen molar-refractivity contribution in [2.24, 2.45) is 17.3 Å². The number of hydrogen-bond acceptors (Lipinski definition) is 4. The average Bonchev–Trinajstić information content (AvgIpc) is 3.14. The van der Waals surface area contributed by atoms with Crippen LogP contribution in [0.5, 0.6) is 5.75 Å². The van der Waals surface area contributed by atoms with Gasteiger partial charge in [0, 0.05) is 31.2 Å². The zero-order chi connectivity index (χ0) is 19.6. The van der Waals surface area contributed by atoms with Gasteiger partial charge in [-0.05, 0) is 49.4 Å². The number of carboxylic acid groups (broad SMARTS) is 1. The highest BCUT2D eigenvalue weighted by atomic mass is 16.5. The van der Waals surface area contributed by atoms with Crippen molar-refractivity contribution in [3.05, 3.63) is 29.8 Å². The number of aliphatic carboxylic acids is 1. The zero-order valence-electron chi connectivity index (χ0n) is 16.3. The molecule has 2 heterocycles. The van der Waals surface area contributed by atoms with E-state index in [0.717, 1.165) is 12.4 Å². The van der Waals surface area contributed by atoms with Crippen LogP contribution in [0.2, 0.25) is 0 Å². The summed E-state index contributed by atoms with van der Waals surface area (Å²) in [5.74, 6) is 0.349. The average molecular weight is 387 g/mol. The van der Waals surface area contributed by atoms with E-state index in [1.54, 1.807) is 17.0 Å². The Bertz CT molecular complexity index is 712. The van der Waals surface area contributed by atoms with Crippen LogP contribution in [-0.2, 0) is 9.53 Å². The van der Waals surface area contributed by atoms with E-state index in [0.29, 0.717) is 37.7 Å². The number of nitrogens with zero attached hydrogens (tertiary/aromatic N) is 1. The Balaban J connectivity index is 1.37. The third-order valence-corrected chi connectivity index (χ3v) is 6.73. The molecule has 3 fully saturated rings. The van der Waals surface area contributed by atoms with Gasteiger partial charge in [0.15, 0.2) is 0 Å². The lowest BCUT2D eigenvalue weighted by atomic mass is 9.74. The van der Waals surface area contributed by atoms with E-state index in [1.807, 2.05) is 12.1 Å². The first kappa shape index (κ1) is 19.2. The number of rotatable bonds is 5. The normalized spacial score (nSPS) is 28.0. The molecule has 4 rings (SSSR count). The number of hydrogen-bond donors (Lipinski definition) is 1. The van der Waals surface area contributed by atoms with Crippen LogP contribution in [0.25, 0.3) is 0 Å². The number of ether oxygens (including phenoxy) is 2. The molecule has 6 heteroatoms. The molecule has 1 aromatic carbocycles. The summed E-state index contributed by atoms with van der Waals surface area (Å²) < 4.78 is 11.4. The van der Waals surface area contributed by atoms with Gasteiger partial charge < -0.3 is 19.5 Å². The number of benzene rings is 1. The fourth-order valence-corrected chi connectivity index (χ4v) is 4.90. The van der Waals surface area contributed by atoms with Gasteiger partial charge in [-0.3, -0.25) is 9.59 Å².